The number of nitrogens with two attached hydrogens (primary N) is 1. The van der Waals surface area contributed by atoms with Gasteiger partial charge in [0.25, 0.3) is 0 Å². The lowest BCUT2D eigenvalue weighted by atomic mass is 10.1. The number of anilines is 1. The maximum atomic E-state index is 5.90. The van der Waals surface area contributed by atoms with Crippen LogP contribution >= 0.6 is 28.1 Å². The van der Waals surface area contributed by atoms with E-state index in [-0.39, 0.29) is 0 Å². The molecule has 0 bridgehead atoms. The molecule has 3 rings (SSSR count). The molecule has 0 aliphatic heterocycles. The van der Waals surface area contributed by atoms with E-state index < -0.39 is 0 Å². The van der Waals surface area contributed by atoms with Crippen LogP contribution in [0.2, 0.25) is 0 Å². The number of halogens is 1. The summed E-state index contributed by atoms with van der Waals surface area (Å²) in [6.45, 7) is 0.740. The van der Waals surface area contributed by atoms with Gasteiger partial charge < -0.3 is 15.1 Å². The van der Waals surface area contributed by atoms with Crippen molar-refractivity contribution in [2.24, 2.45) is 5.73 Å². The predicted octanol–water partition coefficient (Wildman–Crippen LogP) is 3.85. The van der Waals surface area contributed by atoms with E-state index in [1.54, 1.807) is 6.26 Å². The van der Waals surface area contributed by atoms with Gasteiger partial charge in [-0.1, -0.05) is 18.3 Å². The minimum Gasteiger partial charge on any atom is -0.467 e. The standard InChI is InChI=1S/C15H15BrN2OS/c16-12-4-1-5-13(14(12)15(17)20)18(10-6-7-10)9-11-3-2-8-19-11/h1-5,8,10H,6-7,9H2,(H2,17,20). The van der Waals surface area contributed by atoms with Crippen molar-refractivity contribution >= 4 is 38.8 Å². The Balaban J connectivity index is 1.99. The molecule has 20 heavy (non-hydrogen) atoms. The average Bonchev–Trinajstić information content (AvgIpc) is 3.12. The second kappa shape index (κ2) is 5.58. The van der Waals surface area contributed by atoms with Crippen LogP contribution in [-0.4, -0.2) is 11.0 Å². The van der Waals surface area contributed by atoms with E-state index in [9.17, 15) is 0 Å². The van der Waals surface area contributed by atoms with Crippen molar-refractivity contribution in [1.29, 1.82) is 0 Å². The highest BCUT2D eigenvalue weighted by Gasteiger charge is 2.31. The third-order valence-corrected chi connectivity index (χ3v) is 4.31. The molecule has 104 valence electrons. The number of hydrogen-bond donors (Lipinski definition) is 1. The summed E-state index contributed by atoms with van der Waals surface area (Å²) in [4.78, 5) is 2.75. The Morgan fingerprint density at radius 1 is 1.35 bits per heavy atom. The second-order valence-electron chi connectivity index (χ2n) is 4.94. The first kappa shape index (κ1) is 13.6. The van der Waals surface area contributed by atoms with Crippen molar-refractivity contribution in [2.75, 3.05) is 4.90 Å². The van der Waals surface area contributed by atoms with E-state index in [2.05, 4.69) is 26.9 Å². The number of nitrogens with zero attached hydrogens (tertiary/aromatic N) is 1. The summed E-state index contributed by atoms with van der Waals surface area (Å²) < 4.78 is 6.41. The molecule has 2 aromatic rings. The lowest BCUT2D eigenvalue weighted by Gasteiger charge is -2.26. The summed E-state index contributed by atoms with van der Waals surface area (Å²) in [7, 11) is 0. The first-order valence-corrected chi connectivity index (χ1v) is 7.74. The van der Waals surface area contributed by atoms with Gasteiger partial charge in [0.1, 0.15) is 10.7 Å². The number of rotatable bonds is 5. The van der Waals surface area contributed by atoms with Gasteiger partial charge >= 0.3 is 0 Å². The number of thiocarbonyl (C=S) groups is 1. The summed E-state index contributed by atoms with van der Waals surface area (Å²) >= 11 is 8.75. The normalized spacial score (nSPS) is 14.2. The molecule has 0 unspecified atom stereocenters. The zero-order chi connectivity index (χ0) is 14.1. The minimum atomic E-state index is 0.414. The maximum absolute atomic E-state index is 5.90. The molecule has 5 heteroatoms. The fraction of sp³-hybridized carbons (Fsp3) is 0.267. The minimum absolute atomic E-state index is 0.414. The van der Waals surface area contributed by atoms with Crippen LogP contribution in [0.15, 0.2) is 45.5 Å². The summed E-state index contributed by atoms with van der Waals surface area (Å²) in [6, 6.07) is 10.5. The van der Waals surface area contributed by atoms with E-state index in [1.165, 1.54) is 12.8 Å². The Kier molecular flexibility index (Phi) is 3.81. The van der Waals surface area contributed by atoms with Gasteiger partial charge in [0.2, 0.25) is 0 Å². The van der Waals surface area contributed by atoms with Crippen LogP contribution in [0, 0.1) is 0 Å². The summed E-state index contributed by atoms with van der Waals surface area (Å²) in [5, 5.41) is 0. The van der Waals surface area contributed by atoms with Gasteiger partial charge in [0.05, 0.1) is 12.8 Å². The van der Waals surface area contributed by atoms with Crippen molar-refractivity contribution in [3.05, 3.63) is 52.4 Å². The number of benzene rings is 1. The molecule has 0 atom stereocenters. The highest BCUT2D eigenvalue weighted by molar-refractivity contribution is 9.10. The Hall–Kier alpha value is -1.33. The monoisotopic (exact) mass is 350 g/mol. The molecule has 0 radical (unpaired) electrons. The Labute approximate surface area is 131 Å². The molecule has 2 N–H and O–H groups in total. The third kappa shape index (κ3) is 2.74. The summed E-state index contributed by atoms with van der Waals surface area (Å²) in [5.41, 5.74) is 7.88. The molecule has 1 saturated carbocycles. The van der Waals surface area contributed by atoms with Crippen LogP contribution in [-0.2, 0) is 6.54 Å². The van der Waals surface area contributed by atoms with Gasteiger partial charge in [-0.3, -0.25) is 0 Å². The second-order valence-corrected chi connectivity index (χ2v) is 6.23. The molecule has 0 spiro atoms. The third-order valence-electron chi connectivity index (χ3n) is 3.44. The van der Waals surface area contributed by atoms with Crippen LogP contribution in [0.1, 0.15) is 24.2 Å². The molecule has 1 fully saturated rings. The SMILES string of the molecule is NC(=S)c1c(Br)cccc1N(Cc1ccco1)C1CC1. The molecule has 1 aromatic heterocycles. The van der Waals surface area contributed by atoms with E-state index in [0.717, 1.165) is 28.0 Å². The first-order valence-electron chi connectivity index (χ1n) is 6.54. The van der Waals surface area contributed by atoms with Crippen LogP contribution in [0.3, 0.4) is 0 Å². The van der Waals surface area contributed by atoms with Gasteiger partial charge in [0.15, 0.2) is 0 Å². The van der Waals surface area contributed by atoms with Crippen molar-refractivity contribution in [1.82, 2.24) is 0 Å². The van der Waals surface area contributed by atoms with E-state index in [0.29, 0.717) is 11.0 Å². The summed E-state index contributed by atoms with van der Waals surface area (Å²) in [5.74, 6) is 0.950. The molecular weight excluding hydrogens is 336 g/mol. The van der Waals surface area contributed by atoms with Crippen LogP contribution in [0.4, 0.5) is 5.69 Å². The van der Waals surface area contributed by atoms with Crippen molar-refractivity contribution in [3.63, 3.8) is 0 Å². The molecule has 1 aliphatic carbocycles. The Bertz CT molecular complexity index is 623. The van der Waals surface area contributed by atoms with Crippen LogP contribution in [0.25, 0.3) is 0 Å². The van der Waals surface area contributed by atoms with Gasteiger partial charge in [-0.05, 0) is 53.0 Å². The Morgan fingerprint density at radius 2 is 2.15 bits per heavy atom. The van der Waals surface area contributed by atoms with Crippen molar-refractivity contribution in [2.45, 2.75) is 25.4 Å². The lowest BCUT2D eigenvalue weighted by molar-refractivity contribution is 0.501. The van der Waals surface area contributed by atoms with Crippen LogP contribution < -0.4 is 10.6 Å². The number of furan rings is 1. The molecule has 1 aliphatic rings. The Morgan fingerprint density at radius 3 is 2.75 bits per heavy atom. The highest BCUT2D eigenvalue weighted by atomic mass is 79.9. The van der Waals surface area contributed by atoms with E-state index >= 15 is 0 Å². The number of hydrogen-bond acceptors (Lipinski definition) is 3. The van der Waals surface area contributed by atoms with E-state index in [4.69, 9.17) is 22.4 Å². The first-order chi connectivity index (χ1) is 9.66. The fourth-order valence-electron chi connectivity index (χ4n) is 2.36. The molecule has 3 nitrogen and oxygen atoms in total. The molecule has 0 saturated heterocycles. The molecule has 1 heterocycles. The highest BCUT2D eigenvalue weighted by Crippen LogP contribution is 2.37. The maximum Gasteiger partial charge on any atom is 0.123 e. The molecule has 0 amide bonds. The van der Waals surface area contributed by atoms with Gasteiger partial charge in [-0.15, -0.1) is 0 Å². The quantitative estimate of drug-likeness (QED) is 0.831. The molecular formula is C15H15BrN2OS. The van der Waals surface area contributed by atoms with Crippen molar-refractivity contribution in [3.8, 4) is 0 Å². The molecule has 1 aromatic carbocycles. The van der Waals surface area contributed by atoms with Gasteiger partial charge in [0, 0.05) is 21.8 Å². The zero-order valence-corrected chi connectivity index (χ0v) is 13.3. The van der Waals surface area contributed by atoms with Gasteiger partial charge in [-0.25, -0.2) is 0 Å². The topological polar surface area (TPSA) is 42.4 Å². The largest absolute Gasteiger partial charge is 0.467 e. The predicted molar refractivity (Wildman–Crippen MR) is 87.9 cm³/mol. The fourth-order valence-corrected chi connectivity index (χ4v) is 3.28. The van der Waals surface area contributed by atoms with Crippen molar-refractivity contribution < 1.29 is 4.42 Å². The van der Waals surface area contributed by atoms with Gasteiger partial charge in [-0.2, -0.15) is 0 Å². The smallest absolute Gasteiger partial charge is 0.123 e. The lowest BCUT2D eigenvalue weighted by Crippen LogP contribution is -2.28. The van der Waals surface area contributed by atoms with Crippen LogP contribution in [0.5, 0.6) is 0 Å². The summed E-state index contributed by atoms with van der Waals surface area (Å²) in [6.07, 6.45) is 4.10. The van der Waals surface area contributed by atoms with E-state index in [1.807, 2.05) is 24.3 Å². The average molecular weight is 351 g/mol. The zero-order valence-electron chi connectivity index (χ0n) is 10.9.